The Kier molecular flexibility index (Phi) is 5.48. The fourth-order valence-electron chi connectivity index (χ4n) is 3.01. The lowest BCUT2D eigenvalue weighted by atomic mass is 10.0. The van der Waals surface area contributed by atoms with E-state index in [1.165, 1.54) is 16.4 Å². The second-order valence-electron chi connectivity index (χ2n) is 6.54. The molecule has 3 atom stereocenters. The third kappa shape index (κ3) is 3.24. The molecule has 1 aliphatic heterocycles. The number of nitrogens with two attached hydrogens (primary N) is 1. The zero-order valence-corrected chi connectivity index (χ0v) is 14.8. The molecule has 1 amide bonds. The molecule has 0 aliphatic carbocycles. The summed E-state index contributed by atoms with van der Waals surface area (Å²) in [4.78, 5) is 37.3. The van der Waals surface area contributed by atoms with Crippen LogP contribution in [0.4, 0.5) is 0 Å². The van der Waals surface area contributed by atoms with Gasteiger partial charge in [0, 0.05) is 13.1 Å². The van der Waals surface area contributed by atoms with Gasteiger partial charge >= 0.3 is 11.4 Å². The molecule has 0 saturated carbocycles. The van der Waals surface area contributed by atoms with Crippen molar-refractivity contribution in [2.75, 3.05) is 6.54 Å². The Morgan fingerprint density at radius 2 is 1.92 bits per heavy atom. The van der Waals surface area contributed by atoms with Crippen LogP contribution < -0.4 is 22.4 Å². The molecule has 0 radical (unpaired) electrons. The van der Waals surface area contributed by atoms with Crippen molar-refractivity contribution in [2.24, 2.45) is 12.8 Å². The maximum Gasteiger partial charge on any atom is 0.347 e. The number of carbonyl (C=O) groups is 1. The minimum absolute atomic E-state index is 0.0170. The quantitative estimate of drug-likeness (QED) is 0.565. The van der Waals surface area contributed by atoms with Gasteiger partial charge in [-0.15, -0.1) is 0 Å². The summed E-state index contributed by atoms with van der Waals surface area (Å²) in [5.74, 6) is -0.275. The van der Waals surface area contributed by atoms with Crippen molar-refractivity contribution in [3.05, 3.63) is 32.6 Å². The van der Waals surface area contributed by atoms with Crippen LogP contribution >= 0.6 is 0 Å². The zero-order chi connectivity index (χ0) is 18.0. The fraction of sp³-hybridized carbons (Fsp3) is 0.688. The van der Waals surface area contributed by atoms with E-state index in [9.17, 15) is 14.4 Å². The Hall–Kier alpha value is -2.09. The molecule has 2 heterocycles. The normalized spacial score (nSPS) is 21.1. The number of hydrogen-bond donors (Lipinski definition) is 2. The number of amides is 1. The third-order valence-corrected chi connectivity index (χ3v) is 4.66. The highest BCUT2D eigenvalue weighted by molar-refractivity contribution is 5.82. The van der Waals surface area contributed by atoms with Gasteiger partial charge in [-0.1, -0.05) is 12.0 Å². The van der Waals surface area contributed by atoms with E-state index in [0.717, 1.165) is 29.4 Å². The topological polar surface area (TPSA) is 104 Å². The van der Waals surface area contributed by atoms with Crippen LogP contribution in [-0.4, -0.2) is 32.4 Å². The zero-order valence-electron chi connectivity index (χ0n) is 14.8. The molecule has 134 valence electrons. The Bertz CT molecular complexity index is 755. The highest BCUT2D eigenvalue weighted by atomic mass is 16.2. The number of aromatic nitrogens is 3. The molecule has 0 aromatic carbocycles. The number of carbonyl (C=O) groups excluding carboxylic acids is 1. The number of nitrogens with zero attached hydrogens (tertiary/aromatic N) is 3. The molecule has 3 N–H and O–H groups in total. The molecule has 1 aromatic heterocycles. The Morgan fingerprint density at radius 1 is 1.29 bits per heavy atom. The van der Waals surface area contributed by atoms with E-state index >= 15 is 0 Å². The van der Waals surface area contributed by atoms with E-state index in [0.29, 0.717) is 6.54 Å². The lowest BCUT2D eigenvalue weighted by molar-refractivity contribution is -0.124. The van der Waals surface area contributed by atoms with Crippen molar-refractivity contribution in [2.45, 2.75) is 58.2 Å². The van der Waals surface area contributed by atoms with Gasteiger partial charge in [0.2, 0.25) is 5.91 Å². The Morgan fingerprint density at radius 3 is 2.54 bits per heavy atom. The fourth-order valence-corrected chi connectivity index (χ4v) is 3.01. The molecule has 24 heavy (non-hydrogen) atoms. The van der Waals surface area contributed by atoms with Crippen LogP contribution in [-0.2, 0) is 11.8 Å². The van der Waals surface area contributed by atoms with Crippen LogP contribution in [0, 0.1) is 0 Å². The molecule has 3 unspecified atom stereocenters. The lowest BCUT2D eigenvalue weighted by Crippen LogP contribution is -2.45. The monoisotopic (exact) mass is 337 g/mol. The summed E-state index contributed by atoms with van der Waals surface area (Å²) in [5, 5.41) is 2.93. The number of hydrogen-bond acceptors (Lipinski definition) is 4. The summed E-state index contributed by atoms with van der Waals surface area (Å²) in [6.07, 6.45) is 4.43. The van der Waals surface area contributed by atoms with Gasteiger partial charge in [0.25, 0.3) is 0 Å². The molecule has 0 bridgehead atoms. The van der Waals surface area contributed by atoms with Gasteiger partial charge in [-0.3, -0.25) is 4.79 Å². The summed E-state index contributed by atoms with van der Waals surface area (Å²) in [7, 11) is 1.43. The molecule has 1 aliphatic rings. The number of fused-ring (bicyclic) bond motifs is 1. The van der Waals surface area contributed by atoms with Crippen molar-refractivity contribution in [3.63, 3.8) is 0 Å². The average molecular weight is 337 g/mol. The molecule has 8 heteroatoms. The minimum atomic E-state index is -0.806. The summed E-state index contributed by atoms with van der Waals surface area (Å²) in [6, 6.07) is -1.08. The second-order valence-corrected chi connectivity index (χ2v) is 6.54. The van der Waals surface area contributed by atoms with Crippen LogP contribution in [0.2, 0.25) is 0 Å². The van der Waals surface area contributed by atoms with Gasteiger partial charge in [-0.05, 0) is 46.2 Å². The maximum absolute atomic E-state index is 12.7. The van der Waals surface area contributed by atoms with E-state index in [1.54, 1.807) is 6.08 Å². The average Bonchev–Trinajstić information content (AvgIpc) is 2.76. The molecule has 8 nitrogen and oxygen atoms in total. The number of allylic oxidation sites excluding steroid dienone is 1. The second kappa shape index (κ2) is 7.21. The summed E-state index contributed by atoms with van der Waals surface area (Å²) < 4.78 is 3.65. The molecule has 1 aromatic rings. The summed E-state index contributed by atoms with van der Waals surface area (Å²) >= 11 is 0. The largest absolute Gasteiger partial charge is 0.352 e. The Balaban J connectivity index is 2.28. The number of nitrogens with one attached hydrogen (secondary N) is 1. The maximum atomic E-state index is 12.7. The van der Waals surface area contributed by atoms with Crippen molar-refractivity contribution in [1.82, 2.24) is 19.2 Å². The van der Waals surface area contributed by atoms with Crippen LogP contribution in [0.15, 0.2) is 21.2 Å². The van der Waals surface area contributed by atoms with Gasteiger partial charge in [0.05, 0.1) is 6.04 Å². The van der Waals surface area contributed by atoms with Gasteiger partial charge in [-0.25, -0.2) is 23.5 Å². The molecular weight excluding hydrogens is 310 g/mol. The highest BCUT2D eigenvalue weighted by Gasteiger charge is 2.32. The van der Waals surface area contributed by atoms with Crippen LogP contribution in [0.25, 0.3) is 0 Å². The summed E-state index contributed by atoms with van der Waals surface area (Å²) in [5.41, 5.74) is 5.48. The minimum Gasteiger partial charge on any atom is -0.352 e. The van der Waals surface area contributed by atoms with Crippen molar-refractivity contribution in [1.29, 1.82) is 0 Å². The number of rotatable bonds is 6. The van der Waals surface area contributed by atoms with Crippen LogP contribution in [0.5, 0.6) is 0 Å². The highest BCUT2D eigenvalue weighted by Crippen LogP contribution is 2.24. The molecule has 2 rings (SSSR count). The van der Waals surface area contributed by atoms with Crippen LogP contribution in [0.1, 0.15) is 52.1 Å². The lowest BCUT2D eigenvalue weighted by Gasteiger charge is -2.28. The number of unbranched alkanes of at least 4 members (excludes halogenated alkanes) is 1. The van der Waals surface area contributed by atoms with Gasteiger partial charge in [0.1, 0.15) is 0 Å². The van der Waals surface area contributed by atoms with Crippen molar-refractivity contribution < 1.29 is 4.79 Å². The molecule has 0 fully saturated rings. The van der Waals surface area contributed by atoms with Gasteiger partial charge in [0.15, 0.2) is 6.04 Å². The van der Waals surface area contributed by atoms with E-state index in [2.05, 4.69) is 5.32 Å². The first-order valence-corrected chi connectivity index (χ1v) is 8.38. The van der Waals surface area contributed by atoms with Crippen molar-refractivity contribution >= 4 is 5.91 Å². The summed E-state index contributed by atoms with van der Waals surface area (Å²) in [6.45, 7) is 6.27. The van der Waals surface area contributed by atoms with Crippen molar-refractivity contribution in [3.8, 4) is 0 Å². The first-order valence-electron chi connectivity index (χ1n) is 8.38. The SMILES string of the molecule is CC1=CC(C(=O)NC(C)CCCCN)n2c(=O)n(C)c(=O)n2C1C. The predicted octanol–water partition coefficient (Wildman–Crippen LogP) is 0.0442. The van der Waals surface area contributed by atoms with E-state index in [1.807, 2.05) is 20.8 Å². The molecular formula is C16H27N5O3. The smallest absolute Gasteiger partial charge is 0.347 e. The third-order valence-electron chi connectivity index (χ3n) is 4.66. The van der Waals surface area contributed by atoms with Gasteiger partial charge < -0.3 is 11.1 Å². The molecule has 0 saturated heterocycles. The van der Waals surface area contributed by atoms with E-state index < -0.39 is 17.4 Å². The first-order chi connectivity index (χ1) is 11.3. The standard InChI is InChI=1S/C16H27N5O3/c1-10-9-13(14(22)18-11(2)7-5-6-8-17)21-16(24)19(4)15(23)20(21)12(10)3/h9,11-13H,5-8,17H2,1-4H3,(H,18,22). The first kappa shape index (κ1) is 18.3. The van der Waals surface area contributed by atoms with Gasteiger partial charge in [-0.2, -0.15) is 0 Å². The molecule has 0 spiro atoms. The van der Waals surface area contributed by atoms with Crippen LogP contribution in [0.3, 0.4) is 0 Å². The van der Waals surface area contributed by atoms with E-state index in [4.69, 9.17) is 5.73 Å². The predicted molar refractivity (Wildman–Crippen MR) is 91.9 cm³/mol. The Labute approximate surface area is 140 Å². The van der Waals surface area contributed by atoms with E-state index in [-0.39, 0.29) is 18.0 Å².